The molecule has 0 radical (unpaired) electrons. The van der Waals surface area contributed by atoms with Gasteiger partial charge in [0.25, 0.3) is 0 Å². The van der Waals surface area contributed by atoms with Crippen LogP contribution < -0.4 is 0 Å². The molecule has 5 nitrogen and oxygen atoms in total. The Kier molecular flexibility index (Phi) is 2.10. The van der Waals surface area contributed by atoms with Crippen molar-refractivity contribution in [3.8, 4) is 0 Å². The summed E-state index contributed by atoms with van der Waals surface area (Å²) < 4.78 is 4.53. The fourth-order valence-electron chi connectivity index (χ4n) is 0.595. The summed E-state index contributed by atoms with van der Waals surface area (Å²) in [5.74, 6) is -1.35. The van der Waals surface area contributed by atoms with Gasteiger partial charge in [-0.2, -0.15) is 4.99 Å². The Morgan fingerprint density at radius 2 is 2.45 bits per heavy atom. The van der Waals surface area contributed by atoms with Gasteiger partial charge in [-0.3, -0.25) is 4.79 Å². The van der Waals surface area contributed by atoms with Gasteiger partial charge < -0.3 is 4.74 Å². The Labute approximate surface area is 62.8 Å². The van der Waals surface area contributed by atoms with E-state index >= 15 is 0 Å². The molecule has 0 aromatic rings. The summed E-state index contributed by atoms with van der Waals surface area (Å²) >= 11 is 0. The number of ether oxygens (including phenoxy) is 1. The van der Waals surface area contributed by atoms with Crippen LogP contribution >= 0.6 is 0 Å². The van der Waals surface area contributed by atoms with E-state index < -0.39 is 11.9 Å². The molecule has 58 valence electrons. The lowest BCUT2D eigenvalue weighted by Gasteiger charge is -1.96. The molecule has 0 saturated carbocycles. The topological polar surface area (TPSA) is 68.1 Å². The third-order valence-corrected chi connectivity index (χ3v) is 1.03. The van der Waals surface area contributed by atoms with Crippen LogP contribution in [0, 0.1) is 0 Å². The second-order valence-electron chi connectivity index (χ2n) is 1.75. The van der Waals surface area contributed by atoms with Crippen LogP contribution in [-0.2, 0) is 14.3 Å². The van der Waals surface area contributed by atoms with E-state index in [1.165, 1.54) is 0 Å². The molecule has 0 bridgehead atoms. The van der Waals surface area contributed by atoms with Crippen LogP contribution in [0.15, 0.2) is 9.98 Å². The minimum Gasteiger partial charge on any atom is -0.461 e. The number of hydrogen-bond donors (Lipinski definition) is 0. The average Bonchev–Trinajstić information content (AvgIpc) is 2.36. The molecule has 1 rings (SSSR count). The molecule has 0 aromatic heterocycles. The van der Waals surface area contributed by atoms with Crippen LogP contribution in [0.25, 0.3) is 0 Å². The SMILES string of the molecule is CCOC(=O)C1=NC=NC1=O. The number of esters is 1. The number of carbonyl (C=O) groups excluding carboxylic acids is 2. The summed E-state index contributed by atoms with van der Waals surface area (Å²) in [6.07, 6.45) is 1.04. The molecule has 1 aliphatic heterocycles. The third-order valence-electron chi connectivity index (χ3n) is 1.03. The van der Waals surface area contributed by atoms with Crippen molar-refractivity contribution >= 4 is 23.9 Å². The normalized spacial score (nSPS) is 15.0. The summed E-state index contributed by atoms with van der Waals surface area (Å²) in [4.78, 5) is 28.2. The van der Waals surface area contributed by atoms with Gasteiger partial charge in [0.15, 0.2) is 0 Å². The average molecular weight is 154 g/mol. The van der Waals surface area contributed by atoms with Gasteiger partial charge in [-0.25, -0.2) is 9.79 Å². The Hall–Kier alpha value is -1.52. The Bertz CT molecular complexity index is 255. The zero-order valence-electron chi connectivity index (χ0n) is 5.90. The van der Waals surface area contributed by atoms with E-state index in [1.807, 2.05) is 0 Å². The summed E-state index contributed by atoms with van der Waals surface area (Å²) in [6, 6.07) is 0. The number of nitrogens with zero attached hydrogens (tertiary/aromatic N) is 2. The smallest absolute Gasteiger partial charge is 0.362 e. The predicted molar refractivity (Wildman–Crippen MR) is 37.6 cm³/mol. The van der Waals surface area contributed by atoms with Crippen molar-refractivity contribution in [1.82, 2.24) is 0 Å². The number of hydrogen-bond acceptors (Lipinski definition) is 4. The molecule has 0 aromatic carbocycles. The predicted octanol–water partition coefficient (Wildman–Crippen LogP) is -0.441. The van der Waals surface area contributed by atoms with E-state index in [1.54, 1.807) is 6.92 Å². The molecule has 0 spiro atoms. The van der Waals surface area contributed by atoms with Crippen molar-refractivity contribution in [2.24, 2.45) is 9.98 Å². The minimum atomic E-state index is -0.713. The molecule has 1 heterocycles. The van der Waals surface area contributed by atoms with Crippen LogP contribution in [-0.4, -0.2) is 30.5 Å². The molecule has 0 aliphatic carbocycles. The van der Waals surface area contributed by atoms with Crippen molar-refractivity contribution < 1.29 is 14.3 Å². The second-order valence-corrected chi connectivity index (χ2v) is 1.75. The monoisotopic (exact) mass is 154 g/mol. The number of rotatable bonds is 2. The zero-order chi connectivity index (χ0) is 8.27. The largest absolute Gasteiger partial charge is 0.461 e. The van der Waals surface area contributed by atoms with Gasteiger partial charge in [0.2, 0.25) is 5.71 Å². The fraction of sp³-hybridized carbons (Fsp3) is 0.333. The van der Waals surface area contributed by atoms with Gasteiger partial charge in [0.1, 0.15) is 6.34 Å². The maximum Gasteiger partial charge on any atom is 0.362 e. The highest BCUT2D eigenvalue weighted by atomic mass is 16.5. The standard InChI is InChI=1S/C6H6N2O3/c1-2-11-6(10)4-5(9)8-3-7-4/h3H,2H2,1H3. The van der Waals surface area contributed by atoms with E-state index in [9.17, 15) is 9.59 Å². The Morgan fingerprint density at radius 1 is 1.73 bits per heavy atom. The summed E-state index contributed by atoms with van der Waals surface area (Å²) in [5.41, 5.74) is -0.244. The first-order valence-corrected chi connectivity index (χ1v) is 3.07. The molecule has 1 aliphatic rings. The third kappa shape index (κ3) is 1.49. The van der Waals surface area contributed by atoms with E-state index in [4.69, 9.17) is 0 Å². The lowest BCUT2D eigenvalue weighted by molar-refractivity contribution is -0.135. The molecule has 5 heteroatoms. The molecule has 0 N–H and O–H groups in total. The first-order chi connectivity index (χ1) is 5.25. The highest BCUT2D eigenvalue weighted by Crippen LogP contribution is 1.94. The molecule has 1 amide bonds. The van der Waals surface area contributed by atoms with Gasteiger partial charge in [0, 0.05) is 0 Å². The summed E-state index contributed by atoms with van der Waals surface area (Å²) in [7, 11) is 0. The van der Waals surface area contributed by atoms with Gasteiger partial charge in [-0.05, 0) is 6.92 Å². The first-order valence-electron chi connectivity index (χ1n) is 3.07. The maximum atomic E-state index is 10.8. The molecular formula is C6H6N2O3. The van der Waals surface area contributed by atoms with Crippen LogP contribution in [0.2, 0.25) is 0 Å². The van der Waals surface area contributed by atoms with Gasteiger partial charge in [-0.15, -0.1) is 0 Å². The van der Waals surface area contributed by atoms with E-state index in [-0.39, 0.29) is 12.3 Å². The molecule has 0 atom stereocenters. The van der Waals surface area contributed by atoms with Crippen LogP contribution in [0.3, 0.4) is 0 Å². The molecule has 0 saturated heterocycles. The van der Waals surface area contributed by atoms with E-state index in [2.05, 4.69) is 14.7 Å². The van der Waals surface area contributed by atoms with Crippen molar-refractivity contribution in [2.45, 2.75) is 6.92 Å². The van der Waals surface area contributed by atoms with Crippen LogP contribution in [0.1, 0.15) is 6.92 Å². The molecular weight excluding hydrogens is 148 g/mol. The van der Waals surface area contributed by atoms with E-state index in [0.717, 1.165) is 6.34 Å². The Morgan fingerprint density at radius 3 is 2.91 bits per heavy atom. The molecule has 0 fully saturated rings. The highest BCUT2D eigenvalue weighted by molar-refractivity contribution is 6.66. The fourth-order valence-corrected chi connectivity index (χ4v) is 0.595. The summed E-state index contributed by atoms with van der Waals surface area (Å²) in [5, 5.41) is 0. The first kappa shape index (κ1) is 7.59. The van der Waals surface area contributed by atoms with E-state index in [0.29, 0.717) is 0 Å². The van der Waals surface area contributed by atoms with Crippen molar-refractivity contribution in [3.63, 3.8) is 0 Å². The minimum absolute atomic E-state index is 0.227. The van der Waals surface area contributed by atoms with Crippen molar-refractivity contribution in [2.75, 3.05) is 6.61 Å². The Balaban J connectivity index is 2.63. The number of amides is 1. The highest BCUT2D eigenvalue weighted by Gasteiger charge is 2.23. The second kappa shape index (κ2) is 3.05. The number of aliphatic imine (C=N–C) groups is 2. The quantitative estimate of drug-likeness (QED) is 0.506. The maximum absolute atomic E-state index is 10.8. The summed E-state index contributed by atoms with van der Waals surface area (Å²) in [6.45, 7) is 1.88. The van der Waals surface area contributed by atoms with Gasteiger partial charge in [0.05, 0.1) is 6.61 Å². The molecule has 0 unspecified atom stereocenters. The van der Waals surface area contributed by atoms with Crippen molar-refractivity contribution in [1.29, 1.82) is 0 Å². The van der Waals surface area contributed by atoms with Crippen LogP contribution in [0.4, 0.5) is 0 Å². The number of carbonyl (C=O) groups is 2. The van der Waals surface area contributed by atoms with Gasteiger partial charge >= 0.3 is 11.9 Å². The molecule has 11 heavy (non-hydrogen) atoms. The lowest BCUT2D eigenvalue weighted by atomic mass is 10.4. The lowest BCUT2D eigenvalue weighted by Crippen LogP contribution is -2.22. The zero-order valence-corrected chi connectivity index (χ0v) is 5.90. The van der Waals surface area contributed by atoms with Crippen LogP contribution in [0.5, 0.6) is 0 Å². The van der Waals surface area contributed by atoms with Gasteiger partial charge in [-0.1, -0.05) is 0 Å². The van der Waals surface area contributed by atoms with Crippen molar-refractivity contribution in [3.05, 3.63) is 0 Å².